The molecule has 1 aliphatic heterocycles. The minimum atomic E-state index is -0.0355. The first-order chi connectivity index (χ1) is 10.4. The van der Waals surface area contributed by atoms with Crippen molar-refractivity contribution in [1.29, 1.82) is 0 Å². The molecule has 0 bridgehead atoms. The van der Waals surface area contributed by atoms with Crippen LogP contribution in [-0.2, 0) is 15.0 Å². The van der Waals surface area contributed by atoms with Gasteiger partial charge in [0.15, 0.2) is 6.61 Å². The van der Waals surface area contributed by atoms with Crippen LogP contribution in [0.5, 0.6) is 5.75 Å². The minimum absolute atomic E-state index is 0.0355. The molecule has 22 heavy (non-hydrogen) atoms. The van der Waals surface area contributed by atoms with E-state index >= 15 is 0 Å². The van der Waals surface area contributed by atoms with E-state index in [1.807, 2.05) is 18.2 Å². The fourth-order valence-corrected chi connectivity index (χ4v) is 2.37. The van der Waals surface area contributed by atoms with E-state index in [4.69, 9.17) is 4.74 Å². The molecule has 1 aliphatic rings. The molecule has 1 aromatic rings. The fourth-order valence-electron chi connectivity index (χ4n) is 2.37. The molecule has 2 rings (SSSR count). The van der Waals surface area contributed by atoms with Crippen LogP contribution in [0.3, 0.4) is 0 Å². The number of amides is 2. The quantitative estimate of drug-likeness (QED) is 0.795. The van der Waals surface area contributed by atoms with Gasteiger partial charge in [-0.2, -0.15) is 0 Å². The second kappa shape index (κ2) is 6.81. The highest BCUT2D eigenvalue weighted by Gasteiger charge is 2.20. The molecule has 120 valence electrons. The summed E-state index contributed by atoms with van der Waals surface area (Å²) in [5, 5.41) is 0. The van der Waals surface area contributed by atoms with E-state index in [2.05, 4.69) is 26.8 Å². The van der Waals surface area contributed by atoms with E-state index in [0.29, 0.717) is 31.9 Å². The first-order valence-corrected chi connectivity index (χ1v) is 7.60. The molecule has 0 N–H and O–H groups in total. The molecule has 0 unspecified atom stereocenters. The minimum Gasteiger partial charge on any atom is -0.484 e. The largest absolute Gasteiger partial charge is 0.484 e. The Morgan fingerprint density at radius 3 is 2.50 bits per heavy atom. The second-order valence-corrected chi connectivity index (χ2v) is 6.59. The smallest absolute Gasteiger partial charge is 0.260 e. The lowest BCUT2D eigenvalue weighted by Crippen LogP contribution is -2.49. The van der Waals surface area contributed by atoms with Gasteiger partial charge >= 0.3 is 0 Å². The van der Waals surface area contributed by atoms with Gasteiger partial charge in [-0.05, 0) is 23.1 Å². The average Bonchev–Trinajstić information content (AvgIpc) is 2.52. The average molecular weight is 304 g/mol. The summed E-state index contributed by atoms with van der Waals surface area (Å²) in [5.41, 5.74) is 1.23. The summed E-state index contributed by atoms with van der Waals surface area (Å²) in [4.78, 5) is 26.2. The number of ether oxygens (including phenoxy) is 1. The normalized spacial score (nSPS) is 15.6. The van der Waals surface area contributed by atoms with Gasteiger partial charge in [0.1, 0.15) is 5.75 Å². The van der Waals surface area contributed by atoms with Gasteiger partial charge in [-0.3, -0.25) is 9.59 Å². The Kier molecular flexibility index (Phi) is 5.06. The first kappa shape index (κ1) is 16.3. The molecular weight excluding hydrogens is 280 g/mol. The Hall–Kier alpha value is -2.04. The summed E-state index contributed by atoms with van der Waals surface area (Å²) in [7, 11) is 0. The number of hydrogen-bond acceptors (Lipinski definition) is 3. The standard InChI is InChI=1S/C17H24N2O3/c1-17(2,3)14-5-4-6-15(11-14)22-12-16(21)19-9-7-18(13-20)8-10-19/h4-6,11,13H,7-10,12H2,1-3H3. The molecule has 0 atom stereocenters. The van der Waals surface area contributed by atoms with Gasteiger partial charge in [-0.25, -0.2) is 0 Å². The Bertz CT molecular complexity index is 529. The zero-order valence-electron chi connectivity index (χ0n) is 13.5. The van der Waals surface area contributed by atoms with Crippen molar-refractivity contribution < 1.29 is 14.3 Å². The molecule has 0 radical (unpaired) electrons. The van der Waals surface area contributed by atoms with E-state index < -0.39 is 0 Å². The molecule has 0 spiro atoms. The first-order valence-electron chi connectivity index (χ1n) is 7.60. The zero-order chi connectivity index (χ0) is 16.2. The number of benzene rings is 1. The molecule has 0 saturated carbocycles. The Morgan fingerprint density at radius 1 is 1.23 bits per heavy atom. The molecular formula is C17H24N2O3. The Labute approximate surface area is 131 Å². The van der Waals surface area contributed by atoms with E-state index in [9.17, 15) is 9.59 Å². The van der Waals surface area contributed by atoms with Crippen molar-refractivity contribution >= 4 is 12.3 Å². The maximum Gasteiger partial charge on any atom is 0.260 e. The van der Waals surface area contributed by atoms with Crippen LogP contribution < -0.4 is 4.74 Å². The number of piperazine rings is 1. The predicted molar refractivity (Wildman–Crippen MR) is 84.9 cm³/mol. The van der Waals surface area contributed by atoms with Crippen LogP contribution in [-0.4, -0.2) is 54.9 Å². The van der Waals surface area contributed by atoms with Crippen LogP contribution in [0.4, 0.5) is 0 Å². The van der Waals surface area contributed by atoms with E-state index in [-0.39, 0.29) is 17.9 Å². The van der Waals surface area contributed by atoms with Crippen molar-refractivity contribution in [2.75, 3.05) is 32.8 Å². The third-order valence-corrected chi connectivity index (χ3v) is 3.88. The van der Waals surface area contributed by atoms with Crippen molar-refractivity contribution in [2.45, 2.75) is 26.2 Å². The molecule has 5 heteroatoms. The summed E-state index contributed by atoms with van der Waals surface area (Å²) < 4.78 is 5.64. The predicted octanol–water partition coefficient (Wildman–Crippen LogP) is 1.66. The Balaban J connectivity index is 1.88. The van der Waals surface area contributed by atoms with Gasteiger partial charge in [0.05, 0.1) is 0 Å². The van der Waals surface area contributed by atoms with Gasteiger partial charge in [0.25, 0.3) is 5.91 Å². The van der Waals surface area contributed by atoms with Gasteiger partial charge in [0.2, 0.25) is 6.41 Å². The topological polar surface area (TPSA) is 49.9 Å². The van der Waals surface area contributed by atoms with E-state index in [0.717, 1.165) is 6.41 Å². The number of rotatable bonds is 4. The fraction of sp³-hybridized carbons (Fsp3) is 0.529. The number of carbonyl (C=O) groups is 2. The zero-order valence-corrected chi connectivity index (χ0v) is 13.5. The lowest BCUT2D eigenvalue weighted by Gasteiger charge is -2.32. The molecule has 1 fully saturated rings. The number of carbonyl (C=O) groups excluding carboxylic acids is 2. The van der Waals surface area contributed by atoms with Gasteiger partial charge in [0, 0.05) is 26.2 Å². The maximum atomic E-state index is 12.1. The van der Waals surface area contributed by atoms with E-state index in [1.165, 1.54) is 5.56 Å². The highest BCUT2D eigenvalue weighted by Crippen LogP contribution is 2.25. The summed E-state index contributed by atoms with van der Waals surface area (Å²) in [6.45, 7) is 8.79. The summed E-state index contributed by atoms with van der Waals surface area (Å²) in [6.07, 6.45) is 0.830. The van der Waals surface area contributed by atoms with Crippen molar-refractivity contribution in [3.05, 3.63) is 29.8 Å². The van der Waals surface area contributed by atoms with Crippen molar-refractivity contribution in [2.24, 2.45) is 0 Å². The summed E-state index contributed by atoms with van der Waals surface area (Å²) >= 11 is 0. The van der Waals surface area contributed by atoms with Gasteiger partial charge in [-0.1, -0.05) is 32.9 Å². The van der Waals surface area contributed by atoms with Crippen molar-refractivity contribution in [3.63, 3.8) is 0 Å². The summed E-state index contributed by atoms with van der Waals surface area (Å²) in [5.74, 6) is 0.680. The molecule has 5 nitrogen and oxygen atoms in total. The molecule has 2 amide bonds. The van der Waals surface area contributed by atoms with Gasteiger partial charge < -0.3 is 14.5 Å². The molecule has 1 aromatic carbocycles. The highest BCUT2D eigenvalue weighted by atomic mass is 16.5. The van der Waals surface area contributed by atoms with Crippen LogP contribution in [0.15, 0.2) is 24.3 Å². The monoisotopic (exact) mass is 304 g/mol. The molecule has 0 aromatic heterocycles. The number of nitrogens with zero attached hydrogens (tertiary/aromatic N) is 2. The Morgan fingerprint density at radius 2 is 1.91 bits per heavy atom. The lowest BCUT2D eigenvalue weighted by atomic mass is 9.87. The maximum absolute atomic E-state index is 12.1. The lowest BCUT2D eigenvalue weighted by molar-refractivity contribution is -0.137. The van der Waals surface area contributed by atoms with Crippen LogP contribution in [0.2, 0.25) is 0 Å². The third kappa shape index (κ3) is 4.23. The SMILES string of the molecule is CC(C)(C)c1cccc(OCC(=O)N2CCN(C=O)CC2)c1. The van der Waals surface area contributed by atoms with Crippen LogP contribution in [0.1, 0.15) is 26.3 Å². The second-order valence-electron chi connectivity index (χ2n) is 6.59. The molecule has 0 aliphatic carbocycles. The summed E-state index contributed by atoms with van der Waals surface area (Å²) in [6, 6.07) is 7.86. The number of hydrogen-bond donors (Lipinski definition) is 0. The van der Waals surface area contributed by atoms with Crippen molar-refractivity contribution in [1.82, 2.24) is 9.80 Å². The molecule has 1 heterocycles. The highest BCUT2D eigenvalue weighted by molar-refractivity contribution is 5.78. The molecule has 1 saturated heterocycles. The van der Waals surface area contributed by atoms with Gasteiger partial charge in [-0.15, -0.1) is 0 Å². The van der Waals surface area contributed by atoms with E-state index in [1.54, 1.807) is 9.80 Å². The van der Waals surface area contributed by atoms with Crippen LogP contribution in [0.25, 0.3) is 0 Å². The van der Waals surface area contributed by atoms with Crippen LogP contribution in [0, 0.1) is 0 Å². The van der Waals surface area contributed by atoms with Crippen molar-refractivity contribution in [3.8, 4) is 5.75 Å². The third-order valence-electron chi connectivity index (χ3n) is 3.88. The van der Waals surface area contributed by atoms with Crippen LogP contribution >= 0.6 is 0 Å².